The van der Waals surface area contributed by atoms with Gasteiger partial charge >= 0.3 is 11.9 Å². The molecule has 1 aromatic carbocycles. The molecule has 0 aliphatic carbocycles. The number of rotatable bonds is 1. The summed E-state index contributed by atoms with van der Waals surface area (Å²) in [5, 5.41) is 8.44. The third-order valence-corrected chi connectivity index (χ3v) is 2.63. The molecule has 1 aromatic rings. The molecule has 1 fully saturated rings. The van der Waals surface area contributed by atoms with E-state index in [-0.39, 0.29) is 11.6 Å². The lowest BCUT2D eigenvalue weighted by atomic mass is 10.1. The lowest BCUT2D eigenvalue weighted by Crippen LogP contribution is -2.41. The summed E-state index contributed by atoms with van der Waals surface area (Å²) in [7, 11) is 0. The van der Waals surface area contributed by atoms with E-state index in [4.69, 9.17) is 5.11 Å². The molecule has 0 spiro atoms. The van der Waals surface area contributed by atoms with Gasteiger partial charge in [0.05, 0.1) is 0 Å². The van der Waals surface area contributed by atoms with Crippen molar-refractivity contribution in [3.05, 3.63) is 47.2 Å². The normalized spacial score (nSPS) is 16.1. The maximum atomic E-state index is 12.6. The standard InChI is InChI=1S/C8H8F2.C7H8O5/c1-2-6-5-7(9)3-4-8(6)10;1-7(2)11-5(9)4(3-8)6(10)12-7/h3-5H,2H2,1H3;3,8H,1-2H3. The zero-order chi connectivity index (χ0) is 16.9. The predicted molar refractivity (Wildman–Crippen MR) is 72.7 cm³/mol. The summed E-state index contributed by atoms with van der Waals surface area (Å²) in [5.41, 5.74) is -0.0608. The molecule has 120 valence electrons. The minimum absolute atomic E-state index is 0.330. The molecule has 1 heterocycles. The topological polar surface area (TPSA) is 72.8 Å². The van der Waals surface area contributed by atoms with E-state index < -0.39 is 23.3 Å². The first-order chi connectivity index (χ1) is 10.2. The Morgan fingerprint density at radius 1 is 1.18 bits per heavy atom. The number of halogens is 2. The Balaban J connectivity index is 0.000000224. The van der Waals surface area contributed by atoms with Crippen LogP contribution in [0.25, 0.3) is 0 Å². The van der Waals surface area contributed by atoms with Crippen LogP contribution < -0.4 is 0 Å². The van der Waals surface area contributed by atoms with E-state index in [0.29, 0.717) is 18.2 Å². The Hall–Kier alpha value is -2.44. The van der Waals surface area contributed by atoms with Crippen molar-refractivity contribution in [2.75, 3.05) is 0 Å². The molecule has 1 N–H and O–H groups in total. The SMILES string of the molecule is CC1(C)OC(=O)C(=CO)C(=O)O1.CCc1cc(F)ccc1F. The molecular formula is C15H16F2O5. The number of cyclic esters (lactones) is 2. The predicted octanol–water partition coefficient (Wildman–Crippen LogP) is 2.79. The molecule has 1 aliphatic heterocycles. The molecule has 1 saturated heterocycles. The maximum Gasteiger partial charge on any atom is 0.352 e. The van der Waals surface area contributed by atoms with E-state index in [9.17, 15) is 18.4 Å². The van der Waals surface area contributed by atoms with Crippen molar-refractivity contribution in [2.24, 2.45) is 0 Å². The highest BCUT2D eigenvalue weighted by Gasteiger charge is 2.39. The summed E-state index contributed by atoms with van der Waals surface area (Å²) in [6.45, 7) is 4.64. The third kappa shape index (κ3) is 4.54. The van der Waals surface area contributed by atoms with Gasteiger partial charge in [0.1, 0.15) is 17.9 Å². The first-order valence-electron chi connectivity index (χ1n) is 6.45. The number of aliphatic hydroxyl groups excluding tert-OH is 1. The Bertz CT molecular complexity index is 586. The Morgan fingerprint density at radius 2 is 1.73 bits per heavy atom. The Kier molecular flexibility index (Phi) is 5.62. The second-order valence-corrected chi connectivity index (χ2v) is 4.81. The molecule has 2 rings (SSSR count). The smallest absolute Gasteiger partial charge is 0.352 e. The highest BCUT2D eigenvalue weighted by atomic mass is 19.1. The van der Waals surface area contributed by atoms with Gasteiger partial charge in [-0.2, -0.15) is 0 Å². The summed E-state index contributed by atoms with van der Waals surface area (Å²) in [5.74, 6) is -3.71. The first kappa shape index (κ1) is 17.6. The molecule has 0 bridgehead atoms. The number of benzene rings is 1. The summed E-state index contributed by atoms with van der Waals surface area (Å²) >= 11 is 0. The Labute approximate surface area is 126 Å². The van der Waals surface area contributed by atoms with Crippen molar-refractivity contribution in [3.8, 4) is 0 Å². The molecule has 5 nitrogen and oxygen atoms in total. The van der Waals surface area contributed by atoms with Gasteiger partial charge in [0.15, 0.2) is 5.57 Å². The number of esters is 2. The quantitative estimate of drug-likeness (QED) is 0.373. The van der Waals surface area contributed by atoms with Gasteiger partial charge in [-0.05, 0) is 30.2 Å². The van der Waals surface area contributed by atoms with Crippen LogP contribution >= 0.6 is 0 Å². The van der Waals surface area contributed by atoms with Crippen LogP contribution in [0.4, 0.5) is 8.78 Å². The average Bonchev–Trinajstić information content (AvgIpc) is 2.40. The summed E-state index contributed by atoms with van der Waals surface area (Å²) in [6.07, 6.45) is 0.906. The maximum absolute atomic E-state index is 12.6. The zero-order valence-corrected chi connectivity index (χ0v) is 12.4. The van der Waals surface area contributed by atoms with Crippen LogP contribution in [0.1, 0.15) is 26.3 Å². The molecule has 0 atom stereocenters. The van der Waals surface area contributed by atoms with Gasteiger partial charge in [0, 0.05) is 13.8 Å². The van der Waals surface area contributed by atoms with Gasteiger partial charge < -0.3 is 14.6 Å². The molecule has 0 unspecified atom stereocenters. The number of hydrogen-bond acceptors (Lipinski definition) is 5. The van der Waals surface area contributed by atoms with Gasteiger partial charge in [-0.3, -0.25) is 0 Å². The van der Waals surface area contributed by atoms with Gasteiger partial charge in [-0.25, -0.2) is 18.4 Å². The first-order valence-corrected chi connectivity index (χ1v) is 6.45. The number of aryl methyl sites for hydroxylation is 1. The van der Waals surface area contributed by atoms with E-state index in [2.05, 4.69) is 9.47 Å². The molecular weight excluding hydrogens is 298 g/mol. The van der Waals surface area contributed by atoms with Gasteiger partial charge in [0.25, 0.3) is 5.79 Å². The lowest BCUT2D eigenvalue weighted by Gasteiger charge is -2.29. The molecule has 0 amide bonds. The molecule has 1 aliphatic rings. The van der Waals surface area contributed by atoms with Gasteiger partial charge in [-0.1, -0.05) is 6.92 Å². The van der Waals surface area contributed by atoms with E-state index in [1.165, 1.54) is 19.9 Å². The largest absolute Gasteiger partial charge is 0.514 e. The number of hydrogen-bond donors (Lipinski definition) is 1. The third-order valence-electron chi connectivity index (χ3n) is 2.63. The average molecular weight is 314 g/mol. The van der Waals surface area contributed by atoms with Crippen LogP contribution in [0, 0.1) is 11.6 Å². The molecule has 7 heteroatoms. The number of carbonyl (C=O) groups is 2. The van der Waals surface area contributed by atoms with Gasteiger partial charge in [0.2, 0.25) is 0 Å². The van der Waals surface area contributed by atoms with Crippen molar-refractivity contribution in [1.82, 2.24) is 0 Å². The van der Waals surface area contributed by atoms with Crippen molar-refractivity contribution < 1.29 is 33.0 Å². The van der Waals surface area contributed by atoms with E-state index in [1.54, 1.807) is 6.92 Å². The highest BCUT2D eigenvalue weighted by molar-refractivity contribution is 6.15. The zero-order valence-electron chi connectivity index (χ0n) is 12.4. The summed E-state index contributed by atoms with van der Waals surface area (Å²) in [6, 6.07) is 3.48. The van der Waals surface area contributed by atoms with Crippen molar-refractivity contribution in [3.63, 3.8) is 0 Å². The van der Waals surface area contributed by atoms with E-state index in [0.717, 1.165) is 12.1 Å². The summed E-state index contributed by atoms with van der Waals surface area (Å²) in [4.78, 5) is 21.8. The van der Waals surface area contributed by atoms with E-state index >= 15 is 0 Å². The van der Waals surface area contributed by atoms with Crippen LogP contribution in [-0.4, -0.2) is 22.8 Å². The molecule has 0 aromatic heterocycles. The van der Waals surface area contributed by atoms with Crippen LogP contribution in [0.3, 0.4) is 0 Å². The van der Waals surface area contributed by atoms with Crippen LogP contribution in [-0.2, 0) is 25.5 Å². The molecule has 0 saturated carbocycles. The van der Waals surface area contributed by atoms with Crippen molar-refractivity contribution >= 4 is 11.9 Å². The fourth-order valence-corrected chi connectivity index (χ4v) is 1.58. The number of aliphatic hydroxyl groups is 1. The van der Waals surface area contributed by atoms with Crippen LogP contribution in [0.5, 0.6) is 0 Å². The number of ether oxygens (including phenoxy) is 2. The van der Waals surface area contributed by atoms with Crippen LogP contribution in [0.15, 0.2) is 30.0 Å². The minimum Gasteiger partial charge on any atom is -0.514 e. The van der Waals surface area contributed by atoms with E-state index in [1.807, 2.05) is 0 Å². The molecule has 0 radical (unpaired) electrons. The second kappa shape index (κ2) is 7.02. The second-order valence-electron chi connectivity index (χ2n) is 4.81. The molecule has 22 heavy (non-hydrogen) atoms. The minimum atomic E-state index is -1.25. The lowest BCUT2D eigenvalue weighted by molar-refractivity contribution is -0.222. The Morgan fingerprint density at radius 3 is 2.14 bits per heavy atom. The van der Waals surface area contributed by atoms with Crippen molar-refractivity contribution in [1.29, 1.82) is 0 Å². The fourth-order valence-electron chi connectivity index (χ4n) is 1.58. The monoisotopic (exact) mass is 314 g/mol. The van der Waals surface area contributed by atoms with Crippen molar-refractivity contribution in [2.45, 2.75) is 33.0 Å². The summed E-state index contributed by atoms with van der Waals surface area (Å²) < 4.78 is 34.2. The fraction of sp³-hybridized carbons (Fsp3) is 0.333. The van der Waals surface area contributed by atoms with Gasteiger partial charge in [-0.15, -0.1) is 0 Å². The number of carbonyl (C=O) groups excluding carboxylic acids is 2. The van der Waals surface area contributed by atoms with Crippen LogP contribution in [0.2, 0.25) is 0 Å². The highest BCUT2D eigenvalue weighted by Crippen LogP contribution is 2.21.